The van der Waals surface area contributed by atoms with E-state index >= 15 is 0 Å². The van der Waals surface area contributed by atoms with E-state index < -0.39 is 9.84 Å². The molecule has 0 bridgehead atoms. The normalized spacial score (nSPS) is 18.0. The molecule has 0 amide bonds. The molecule has 1 N–H and O–H groups in total. The van der Waals surface area contributed by atoms with Crippen molar-refractivity contribution in [2.75, 3.05) is 12.8 Å². The van der Waals surface area contributed by atoms with E-state index in [0.29, 0.717) is 10.8 Å². The highest BCUT2D eigenvalue weighted by atomic mass is 32.2. The second kappa shape index (κ2) is 4.78. The average molecular weight is 253 g/mol. The standard InChI is InChI=1S/C13H19NO2S/c1-10-5-3-4-6-13(10)17(15,16)9-12(14-2)11-7-8-11/h3-6,11-12,14H,7-9H2,1-2H3. The van der Waals surface area contributed by atoms with E-state index in [1.807, 2.05) is 26.1 Å². The van der Waals surface area contributed by atoms with E-state index in [9.17, 15) is 8.42 Å². The van der Waals surface area contributed by atoms with E-state index in [1.165, 1.54) is 0 Å². The van der Waals surface area contributed by atoms with Crippen LogP contribution in [0.25, 0.3) is 0 Å². The summed E-state index contributed by atoms with van der Waals surface area (Å²) in [6.45, 7) is 1.85. The lowest BCUT2D eigenvalue weighted by Crippen LogP contribution is -2.35. The molecule has 1 unspecified atom stereocenters. The van der Waals surface area contributed by atoms with Gasteiger partial charge in [0.2, 0.25) is 0 Å². The van der Waals surface area contributed by atoms with Crippen molar-refractivity contribution in [3.63, 3.8) is 0 Å². The molecule has 0 saturated heterocycles. The quantitative estimate of drug-likeness (QED) is 0.870. The predicted octanol–water partition coefficient (Wildman–Crippen LogP) is 1.77. The molecule has 0 heterocycles. The number of benzene rings is 1. The number of nitrogens with one attached hydrogen (secondary N) is 1. The molecule has 94 valence electrons. The SMILES string of the molecule is CNC(CS(=O)(=O)c1ccccc1C)C1CC1. The van der Waals surface area contributed by atoms with Gasteiger partial charge in [0.1, 0.15) is 0 Å². The summed E-state index contributed by atoms with van der Waals surface area (Å²) in [6.07, 6.45) is 2.30. The molecule has 17 heavy (non-hydrogen) atoms. The van der Waals surface area contributed by atoms with Crippen molar-refractivity contribution in [1.82, 2.24) is 5.32 Å². The van der Waals surface area contributed by atoms with Crippen LogP contribution in [0.1, 0.15) is 18.4 Å². The summed E-state index contributed by atoms with van der Waals surface area (Å²) in [5.41, 5.74) is 0.832. The molecule has 1 aromatic carbocycles. The van der Waals surface area contributed by atoms with Crippen molar-refractivity contribution in [3.05, 3.63) is 29.8 Å². The smallest absolute Gasteiger partial charge is 0.180 e. The summed E-state index contributed by atoms with van der Waals surface area (Å²) in [5.74, 6) is 0.748. The lowest BCUT2D eigenvalue weighted by Gasteiger charge is -2.16. The molecule has 1 atom stereocenters. The van der Waals surface area contributed by atoms with Crippen LogP contribution in [0.15, 0.2) is 29.2 Å². The zero-order valence-corrected chi connectivity index (χ0v) is 11.1. The van der Waals surface area contributed by atoms with E-state index in [1.54, 1.807) is 12.1 Å². The fourth-order valence-corrected chi connectivity index (χ4v) is 4.12. The third-order valence-electron chi connectivity index (χ3n) is 3.39. The Kier molecular flexibility index (Phi) is 3.54. The second-order valence-corrected chi connectivity index (χ2v) is 6.78. The van der Waals surface area contributed by atoms with Gasteiger partial charge < -0.3 is 5.32 Å². The molecule has 0 spiro atoms. The van der Waals surface area contributed by atoms with E-state index in [-0.39, 0.29) is 11.8 Å². The highest BCUT2D eigenvalue weighted by Gasteiger charge is 2.34. The maximum Gasteiger partial charge on any atom is 0.180 e. The lowest BCUT2D eigenvalue weighted by molar-refractivity contribution is 0.527. The number of aryl methyl sites for hydroxylation is 1. The summed E-state index contributed by atoms with van der Waals surface area (Å²) in [4.78, 5) is 0.473. The lowest BCUT2D eigenvalue weighted by atomic mass is 10.2. The Morgan fingerprint density at radius 1 is 1.35 bits per heavy atom. The van der Waals surface area contributed by atoms with Gasteiger partial charge in [-0.1, -0.05) is 18.2 Å². The van der Waals surface area contributed by atoms with Crippen LogP contribution < -0.4 is 5.32 Å². The molecule has 3 nitrogen and oxygen atoms in total. The van der Waals surface area contributed by atoms with Crippen LogP contribution in [0.5, 0.6) is 0 Å². The van der Waals surface area contributed by atoms with Crippen LogP contribution in [0, 0.1) is 12.8 Å². The number of rotatable bonds is 5. The van der Waals surface area contributed by atoms with Gasteiger partial charge in [-0.05, 0) is 44.4 Å². The van der Waals surface area contributed by atoms with Crippen molar-refractivity contribution >= 4 is 9.84 Å². The number of sulfone groups is 1. The Labute approximate surface area is 103 Å². The average Bonchev–Trinajstić information content (AvgIpc) is 3.10. The van der Waals surface area contributed by atoms with Gasteiger partial charge in [0.05, 0.1) is 10.6 Å². The Morgan fingerprint density at radius 2 is 2.00 bits per heavy atom. The summed E-state index contributed by atoms with van der Waals surface area (Å²) in [7, 11) is -1.33. The van der Waals surface area contributed by atoms with E-state index in [0.717, 1.165) is 18.4 Å². The molecular weight excluding hydrogens is 234 g/mol. The molecule has 1 aliphatic rings. The minimum atomic E-state index is -3.17. The zero-order chi connectivity index (χ0) is 12.5. The van der Waals surface area contributed by atoms with Gasteiger partial charge in [0.15, 0.2) is 9.84 Å². The van der Waals surface area contributed by atoms with Gasteiger partial charge in [-0.2, -0.15) is 0 Å². The number of hydrogen-bond acceptors (Lipinski definition) is 3. The fraction of sp³-hybridized carbons (Fsp3) is 0.538. The highest BCUT2D eigenvalue weighted by molar-refractivity contribution is 7.91. The molecule has 1 fully saturated rings. The van der Waals surface area contributed by atoms with Crippen molar-refractivity contribution in [3.8, 4) is 0 Å². The van der Waals surface area contributed by atoms with Gasteiger partial charge in [0.25, 0.3) is 0 Å². The molecule has 0 radical (unpaired) electrons. The number of hydrogen-bond donors (Lipinski definition) is 1. The first kappa shape index (κ1) is 12.6. The maximum atomic E-state index is 12.3. The first-order chi connectivity index (χ1) is 8.04. The van der Waals surface area contributed by atoms with Crippen LogP contribution >= 0.6 is 0 Å². The second-order valence-electron chi connectivity index (χ2n) is 4.78. The molecule has 4 heteroatoms. The predicted molar refractivity (Wildman–Crippen MR) is 68.8 cm³/mol. The Hall–Kier alpha value is -0.870. The largest absolute Gasteiger partial charge is 0.316 e. The Bertz CT molecular complexity index is 492. The van der Waals surface area contributed by atoms with E-state index in [2.05, 4.69) is 5.32 Å². The van der Waals surface area contributed by atoms with Crippen LogP contribution in [0.3, 0.4) is 0 Å². The molecule has 0 aromatic heterocycles. The van der Waals surface area contributed by atoms with Crippen LogP contribution in [-0.4, -0.2) is 27.3 Å². The maximum absolute atomic E-state index is 12.3. The van der Waals surface area contributed by atoms with Crippen molar-refractivity contribution in [2.24, 2.45) is 5.92 Å². The van der Waals surface area contributed by atoms with Gasteiger partial charge >= 0.3 is 0 Å². The van der Waals surface area contributed by atoms with Crippen molar-refractivity contribution in [2.45, 2.75) is 30.7 Å². The molecular formula is C13H19NO2S. The Balaban J connectivity index is 2.21. The van der Waals surface area contributed by atoms with Crippen LogP contribution in [0.4, 0.5) is 0 Å². The third kappa shape index (κ3) is 2.87. The van der Waals surface area contributed by atoms with Crippen LogP contribution in [0.2, 0.25) is 0 Å². The molecule has 0 aliphatic heterocycles. The van der Waals surface area contributed by atoms with Gasteiger partial charge in [-0.25, -0.2) is 8.42 Å². The van der Waals surface area contributed by atoms with E-state index in [4.69, 9.17) is 0 Å². The molecule has 1 aliphatic carbocycles. The Morgan fingerprint density at radius 3 is 2.53 bits per heavy atom. The van der Waals surface area contributed by atoms with Gasteiger partial charge in [-0.3, -0.25) is 0 Å². The minimum Gasteiger partial charge on any atom is -0.316 e. The summed E-state index contributed by atoms with van der Waals surface area (Å²) in [6, 6.07) is 7.29. The first-order valence-corrected chi connectivity index (χ1v) is 7.65. The molecule has 1 aromatic rings. The zero-order valence-electron chi connectivity index (χ0n) is 10.3. The third-order valence-corrected chi connectivity index (χ3v) is 5.32. The summed E-state index contributed by atoms with van der Waals surface area (Å²) >= 11 is 0. The monoisotopic (exact) mass is 253 g/mol. The van der Waals surface area contributed by atoms with Crippen molar-refractivity contribution in [1.29, 1.82) is 0 Å². The topological polar surface area (TPSA) is 46.2 Å². The molecule has 2 rings (SSSR count). The molecule has 1 saturated carbocycles. The van der Waals surface area contributed by atoms with Gasteiger partial charge in [0, 0.05) is 6.04 Å². The first-order valence-electron chi connectivity index (χ1n) is 6.00. The van der Waals surface area contributed by atoms with Gasteiger partial charge in [-0.15, -0.1) is 0 Å². The van der Waals surface area contributed by atoms with Crippen molar-refractivity contribution < 1.29 is 8.42 Å². The summed E-state index contributed by atoms with van der Waals surface area (Å²) < 4.78 is 24.6. The fourth-order valence-electron chi connectivity index (χ4n) is 2.19. The summed E-state index contributed by atoms with van der Waals surface area (Å²) in [5, 5.41) is 3.13. The van der Waals surface area contributed by atoms with Crippen LogP contribution in [-0.2, 0) is 9.84 Å². The minimum absolute atomic E-state index is 0.0969. The highest BCUT2D eigenvalue weighted by Crippen LogP contribution is 2.34.